The van der Waals surface area contributed by atoms with E-state index in [1.165, 1.54) is 18.3 Å². The van der Waals surface area contributed by atoms with Gasteiger partial charge < -0.3 is 15.1 Å². The highest BCUT2D eigenvalue weighted by molar-refractivity contribution is 6.03. The molecule has 2 rings (SSSR count). The molecule has 1 aromatic rings. The molecule has 6 nitrogen and oxygen atoms in total. The van der Waals surface area contributed by atoms with Gasteiger partial charge in [-0.3, -0.25) is 9.78 Å². The number of aromatic nitrogens is 1. The van der Waals surface area contributed by atoms with E-state index in [1.807, 2.05) is 0 Å². The van der Waals surface area contributed by atoms with Crippen LogP contribution in [0.15, 0.2) is 18.3 Å². The molecule has 0 aliphatic carbocycles. The minimum absolute atomic E-state index is 0.0552. The normalized spacial score (nSPS) is 19.4. The van der Waals surface area contributed by atoms with Crippen molar-refractivity contribution in [2.24, 2.45) is 0 Å². The third-order valence-corrected chi connectivity index (χ3v) is 3.59. The standard InChI is InChI=1S/C14H18N2O4/c17-9-10-5-2-1-3-8-16(10)13(18)12-11(14(19)20)6-4-7-15-12/h4,6-7,10,17H,1-3,5,8-9H2,(H,19,20). The molecule has 1 amide bonds. The van der Waals surface area contributed by atoms with Crippen molar-refractivity contribution in [2.75, 3.05) is 13.2 Å². The Morgan fingerprint density at radius 1 is 1.35 bits per heavy atom. The molecule has 1 atom stereocenters. The van der Waals surface area contributed by atoms with Crippen LogP contribution in [0.5, 0.6) is 0 Å². The van der Waals surface area contributed by atoms with Crippen LogP contribution in [0.1, 0.15) is 46.5 Å². The van der Waals surface area contributed by atoms with Crippen LogP contribution in [0.3, 0.4) is 0 Å². The number of hydrogen-bond donors (Lipinski definition) is 2. The Kier molecular flexibility index (Phi) is 4.68. The van der Waals surface area contributed by atoms with Gasteiger partial charge in [-0.15, -0.1) is 0 Å². The maximum atomic E-state index is 12.5. The Bertz CT molecular complexity index is 504. The molecule has 1 unspecified atom stereocenters. The number of aliphatic hydroxyl groups excluding tert-OH is 1. The molecule has 2 N–H and O–H groups in total. The highest BCUT2D eigenvalue weighted by Crippen LogP contribution is 2.19. The number of carboxylic acids is 1. The maximum Gasteiger partial charge on any atom is 0.338 e. The molecule has 6 heteroatoms. The van der Waals surface area contributed by atoms with Crippen LogP contribution in [0.25, 0.3) is 0 Å². The van der Waals surface area contributed by atoms with Crippen molar-refractivity contribution >= 4 is 11.9 Å². The smallest absolute Gasteiger partial charge is 0.338 e. The number of carbonyl (C=O) groups is 2. The van der Waals surface area contributed by atoms with E-state index in [9.17, 15) is 14.7 Å². The van der Waals surface area contributed by atoms with Gasteiger partial charge >= 0.3 is 5.97 Å². The van der Waals surface area contributed by atoms with Crippen molar-refractivity contribution in [1.82, 2.24) is 9.88 Å². The second kappa shape index (κ2) is 6.47. The van der Waals surface area contributed by atoms with E-state index in [-0.39, 0.29) is 23.9 Å². The number of hydrogen-bond acceptors (Lipinski definition) is 4. The predicted molar refractivity (Wildman–Crippen MR) is 71.6 cm³/mol. The summed E-state index contributed by atoms with van der Waals surface area (Å²) >= 11 is 0. The molecule has 1 aromatic heterocycles. The van der Waals surface area contributed by atoms with Crippen LogP contribution in [0, 0.1) is 0 Å². The van der Waals surface area contributed by atoms with Gasteiger partial charge in [0, 0.05) is 12.7 Å². The number of amides is 1. The SMILES string of the molecule is O=C(O)c1cccnc1C(=O)N1CCCCCC1CO. The van der Waals surface area contributed by atoms with Gasteiger partial charge in [0.05, 0.1) is 18.2 Å². The Morgan fingerprint density at radius 2 is 2.15 bits per heavy atom. The number of aromatic carboxylic acids is 1. The first-order valence-electron chi connectivity index (χ1n) is 6.75. The van der Waals surface area contributed by atoms with Gasteiger partial charge in [-0.05, 0) is 25.0 Å². The van der Waals surface area contributed by atoms with E-state index in [4.69, 9.17) is 5.11 Å². The summed E-state index contributed by atoms with van der Waals surface area (Å²) in [6.45, 7) is 0.417. The molecule has 1 saturated heterocycles. The maximum absolute atomic E-state index is 12.5. The summed E-state index contributed by atoms with van der Waals surface area (Å²) in [4.78, 5) is 29.2. The fraction of sp³-hybridized carbons (Fsp3) is 0.500. The second-order valence-corrected chi connectivity index (χ2v) is 4.89. The molecular weight excluding hydrogens is 260 g/mol. The fourth-order valence-corrected chi connectivity index (χ4v) is 2.52. The Labute approximate surface area is 117 Å². The van der Waals surface area contributed by atoms with Gasteiger partial charge in [0.2, 0.25) is 0 Å². The zero-order valence-corrected chi connectivity index (χ0v) is 11.2. The molecule has 1 aliphatic heterocycles. The molecule has 0 saturated carbocycles. The van der Waals surface area contributed by atoms with Gasteiger partial charge in [0.25, 0.3) is 5.91 Å². The third kappa shape index (κ3) is 2.96. The van der Waals surface area contributed by atoms with Gasteiger partial charge in [0.1, 0.15) is 5.69 Å². The van der Waals surface area contributed by atoms with Crippen molar-refractivity contribution in [3.05, 3.63) is 29.6 Å². The molecule has 108 valence electrons. The second-order valence-electron chi connectivity index (χ2n) is 4.89. The van der Waals surface area contributed by atoms with Gasteiger partial charge in [-0.25, -0.2) is 4.79 Å². The van der Waals surface area contributed by atoms with Crippen molar-refractivity contribution < 1.29 is 19.8 Å². The number of rotatable bonds is 3. The number of pyridine rings is 1. The van der Waals surface area contributed by atoms with Gasteiger partial charge in [0.15, 0.2) is 0 Å². The molecular formula is C14H18N2O4. The van der Waals surface area contributed by atoms with Crippen molar-refractivity contribution in [2.45, 2.75) is 31.7 Å². The molecule has 20 heavy (non-hydrogen) atoms. The highest BCUT2D eigenvalue weighted by Gasteiger charge is 2.29. The lowest BCUT2D eigenvalue weighted by Crippen LogP contribution is -2.43. The van der Waals surface area contributed by atoms with E-state index in [0.29, 0.717) is 6.54 Å². The lowest BCUT2D eigenvalue weighted by Gasteiger charge is -2.28. The Balaban J connectivity index is 2.31. The lowest BCUT2D eigenvalue weighted by atomic mass is 10.1. The average Bonchev–Trinajstić information content (AvgIpc) is 2.71. The van der Waals surface area contributed by atoms with Crippen LogP contribution < -0.4 is 0 Å². The summed E-state index contributed by atoms with van der Waals surface area (Å²) < 4.78 is 0. The molecule has 0 bridgehead atoms. The van der Waals surface area contributed by atoms with Crippen LogP contribution in [-0.4, -0.2) is 51.2 Å². The number of nitrogens with zero attached hydrogens (tertiary/aromatic N) is 2. The highest BCUT2D eigenvalue weighted by atomic mass is 16.4. The monoisotopic (exact) mass is 278 g/mol. The Morgan fingerprint density at radius 3 is 2.85 bits per heavy atom. The topological polar surface area (TPSA) is 90.7 Å². The number of carboxylic acid groups (broad SMARTS) is 1. The summed E-state index contributed by atoms with van der Waals surface area (Å²) in [6, 6.07) is 2.61. The molecule has 0 spiro atoms. The first-order chi connectivity index (χ1) is 9.65. The largest absolute Gasteiger partial charge is 0.478 e. The summed E-state index contributed by atoms with van der Waals surface area (Å²) in [6.07, 6.45) is 4.97. The molecule has 1 aliphatic rings. The quantitative estimate of drug-likeness (QED) is 0.865. The third-order valence-electron chi connectivity index (χ3n) is 3.59. The first-order valence-corrected chi connectivity index (χ1v) is 6.75. The fourth-order valence-electron chi connectivity index (χ4n) is 2.52. The van der Waals surface area contributed by atoms with E-state index < -0.39 is 11.9 Å². The lowest BCUT2D eigenvalue weighted by molar-refractivity contribution is 0.0578. The zero-order chi connectivity index (χ0) is 14.5. The van der Waals surface area contributed by atoms with E-state index in [2.05, 4.69) is 4.98 Å². The average molecular weight is 278 g/mol. The van der Waals surface area contributed by atoms with Gasteiger partial charge in [-0.1, -0.05) is 12.8 Å². The number of carbonyl (C=O) groups excluding carboxylic acids is 1. The van der Waals surface area contributed by atoms with Crippen LogP contribution in [-0.2, 0) is 0 Å². The number of likely N-dealkylation sites (tertiary alicyclic amines) is 1. The van der Waals surface area contributed by atoms with E-state index in [1.54, 1.807) is 4.90 Å². The summed E-state index contributed by atoms with van der Waals surface area (Å²) in [5.74, 6) is -1.58. The van der Waals surface area contributed by atoms with Crippen LogP contribution >= 0.6 is 0 Å². The first kappa shape index (κ1) is 14.5. The van der Waals surface area contributed by atoms with Crippen LogP contribution in [0.4, 0.5) is 0 Å². The van der Waals surface area contributed by atoms with Crippen molar-refractivity contribution in [1.29, 1.82) is 0 Å². The van der Waals surface area contributed by atoms with Crippen molar-refractivity contribution in [3.8, 4) is 0 Å². The minimum Gasteiger partial charge on any atom is -0.478 e. The summed E-state index contributed by atoms with van der Waals surface area (Å²) in [5, 5.41) is 18.6. The zero-order valence-electron chi connectivity index (χ0n) is 11.2. The molecule has 2 heterocycles. The summed E-state index contributed by atoms with van der Waals surface area (Å²) in [7, 11) is 0. The molecule has 1 fully saturated rings. The summed E-state index contributed by atoms with van der Waals surface area (Å²) in [5.41, 5.74) is -0.154. The minimum atomic E-state index is -1.17. The predicted octanol–water partition coefficient (Wildman–Crippen LogP) is 1.16. The van der Waals surface area contributed by atoms with Crippen LogP contribution in [0.2, 0.25) is 0 Å². The van der Waals surface area contributed by atoms with Crippen molar-refractivity contribution in [3.63, 3.8) is 0 Å². The van der Waals surface area contributed by atoms with Gasteiger partial charge in [-0.2, -0.15) is 0 Å². The molecule has 0 aromatic carbocycles. The van der Waals surface area contributed by atoms with E-state index >= 15 is 0 Å². The van der Waals surface area contributed by atoms with E-state index in [0.717, 1.165) is 25.7 Å². The number of aliphatic hydroxyl groups is 1. The molecule has 0 radical (unpaired) electrons. The Hall–Kier alpha value is -1.95.